The summed E-state index contributed by atoms with van der Waals surface area (Å²) in [5.74, 6) is 1.50. The number of fused-ring (bicyclic) bond motifs is 1. The summed E-state index contributed by atoms with van der Waals surface area (Å²) in [5, 5.41) is 8.48. The van der Waals surface area contributed by atoms with Crippen LogP contribution < -0.4 is 0 Å². The van der Waals surface area contributed by atoms with Crippen LogP contribution in [0.2, 0.25) is 0 Å². The molecule has 1 nitrogen and oxygen atoms in total. The normalized spacial score (nSPS) is 44.7. The molecule has 1 unspecified atom stereocenters. The fraction of sp³-hybridized carbons (Fsp3) is 0.900. The lowest BCUT2D eigenvalue weighted by Crippen LogP contribution is -2.02. The van der Waals surface area contributed by atoms with Gasteiger partial charge < -0.3 is 0 Å². The molecule has 0 radical (unpaired) electrons. The molecule has 2 fully saturated rings. The molecule has 0 aromatic rings. The molecule has 2 saturated carbocycles. The summed E-state index contributed by atoms with van der Waals surface area (Å²) < 4.78 is 0. The molecule has 0 aromatic heterocycles. The number of alkyl halides is 1. The van der Waals surface area contributed by atoms with Gasteiger partial charge in [-0.15, -0.1) is 11.6 Å². The lowest BCUT2D eigenvalue weighted by Gasteiger charge is -2.04. The summed E-state index contributed by atoms with van der Waals surface area (Å²) in [6, 6.07) is 2.19. The number of rotatable bonds is 2. The SMILES string of the molecule is N#CCCC1(Cl)[C@@H]2CCCC[C@@H]21. The van der Waals surface area contributed by atoms with Crippen molar-refractivity contribution in [1.29, 1.82) is 5.26 Å². The molecule has 66 valence electrons. The highest BCUT2D eigenvalue weighted by Crippen LogP contribution is 2.64. The Labute approximate surface area is 78.7 Å². The van der Waals surface area contributed by atoms with Gasteiger partial charge in [-0.2, -0.15) is 5.26 Å². The Bertz CT molecular complexity index is 206. The third-order valence-electron chi connectivity index (χ3n) is 3.51. The molecule has 0 saturated heterocycles. The van der Waals surface area contributed by atoms with E-state index in [0.717, 1.165) is 18.3 Å². The molecule has 0 aromatic carbocycles. The van der Waals surface area contributed by atoms with E-state index in [4.69, 9.17) is 16.9 Å². The van der Waals surface area contributed by atoms with Gasteiger partial charge in [0, 0.05) is 6.42 Å². The van der Waals surface area contributed by atoms with Crippen molar-refractivity contribution in [3.8, 4) is 6.07 Å². The van der Waals surface area contributed by atoms with Crippen molar-refractivity contribution >= 4 is 11.6 Å². The van der Waals surface area contributed by atoms with E-state index in [1.54, 1.807) is 0 Å². The summed E-state index contributed by atoms with van der Waals surface area (Å²) >= 11 is 6.44. The fourth-order valence-electron chi connectivity index (χ4n) is 2.79. The summed E-state index contributed by atoms with van der Waals surface area (Å²) in [7, 11) is 0. The van der Waals surface area contributed by atoms with E-state index in [0.29, 0.717) is 6.42 Å². The smallest absolute Gasteiger partial charge is 0.0622 e. The van der Waals surface area contributed by atoms with E-state index in [1.165, 1.54) is 25.7 Å². The van der Waals surface area contributed by atoms with Crippen molar-refractivity contribution in [2.75, 3.05) is 0 Å². The van der Waals surface area contributed by atoms with Crippen LogP contribution in [0.5, 0.6) is 0 Å². The van der Waals surface area contributed by atoms with Gasteiger partial charge in [0.2, 0.25) is 0 Å². The van der Waals surface area contributed by atoms with Crippen LogP contribution in [0.3, 0.4) is 0 Å². The minimum atomic E-state index is 0.0478. The average molecular weight is 184 g/mol. The van der Waals surface area contributed by atoms with Crippen LogP contribution in [0.1, 0.15) is 38.5 Å². The van der Waals surface area contributed by atoms with E-state index in [2.05, 4.69) is 6.07 Å². The Morgan fingerprint density at radius 2 is 1.92 bits per heavy atom. The first-order valence-electron chi connectivity index (χ1n) is 4.85. The Hall–Kier alpha value is -0.220. The zero-order chi connectivity index (χ0) is 8.60. The molecular formula is C10H14ClN. The number of nitriles is 1. The predicted molar refractivity (Wildman–Crippen MR) is 48.9 cm³/mol. The van der Waals surface area contributed by atoms with Crippen LogP contribution in [0.4, 0.5) is 0 Å². The molecule has 0 spiro atoms. The van der Waals surface area contributed by atoms with Crippen LogP contribution >= 0.6 is 11.6 Å². The Morgan fingerprint density at radius 3 is 2.42 bits per heavy atom. The van der Waals surface area contributed by atoms with E-state index < -0.39 is 0 Å². The fourth-order valence-corrected chi connectivity index (χ4v) is 3.35. The second-order valence-electron chi connectivity index (χ2n) is 4.08. The topological polar surface area (TPSA) is 23.8 Å². The van der Waals surface area contributed by atoms with Crippen molar-refractivity contribution in [3.05, 3.63) is 0 Å². The standard InChI is InChI=1S/C10H14ClN/c11-10(6-3-7-12)8-4-1-2-5-9(8)10/h8-9H,1-6H2/t8-,9+,10?. The zero-order valence-electron chi connectivity index (χ0n) is 7.22. The molecule has 0 amide bonds. The molecule has 2 aliphatic carbocycles. The van der Waals surface area contributed by atoms with Crippen LogP contribution in [-0.2, 0) is 0 Å². The maximum atomic E-state index is 8.48. The maximum Gasteiger partial charge on any atom is 0.0622 e. The molecule has 2 aliphatic rings. The highest BCUT2D eigenvalue weighted by Gasteiger charge is 2.62. The first-order chi connectivity index (χ1) is 5.79. The van der Waals surface area contributed by atoms with Crippen molar-refractivity contribution in [2.45, 2.75) is 43.4 Å². The number of hydrogen-bond donors (Lipinski definition) is 0. The number of hydrogen-bond acceptors (Lipinski definition) is 1. The minimum absolute atomic E-state index is 0.0478. The van der Waals surface area contributed by atoms with Gasteiger partial charge in [-0.3, -0.25) is 0 Å². The Kier molecular flexibility index (Phi) is 2.04. The van der Waals surface area contributed by atoms with Crippen LogP contribution in [0, 0.1) is 23.2 Å². The lowest BCUT2D eigenvalue weighted by atomic mass is 10.0. The van der Waals surface area contributed by atoms with Crippen molar-refractivity contribution in [3.63, 3.8) is 0 Å². The lowest BCUT2D eigenvalue weighted by molar-refractivity contribution is 0.480. The van der Waals surface area contributed by atoms with Gasteiger partial charge in [-0.25, -0.2) is 0 Å². The molecule has 2 rings (SSSR count). The maximum absolute atomic E-state index is 8.48. The van der Waals surface area contributed by atoms with E-state index in [-0.39, 0.29) is 4.87 Å². The Morgan fingerprint density at radius 1 is 1.33 bits per heavy atom. The van der Waals surface area contributed by atoms with Gasteiger partial charge in [-0.05, 0) is 31.1 Å². The van der Waals surface area contributed by atoms with Crippen LogP contribution in [0.15, 0.2) is 0 Å². The zero-order valence-corrected chi connectivity index (χ0v) is 7.98. The highest BCUT2D eigenvalue weighted by atomic mass is 35.5. The summed E-state index contributed by atoms with van der Waals surface area (Å²) in [5.41, 5.74) is 0. The monoisotopic (exact) mass is 183 g/mol. The molecule has 2 heteroatoms. The van der Waals surface area contributed by atoms with Crippen molar-refractivity contribution in [2.24, 2.45) is 11.8 Å². The number of halogens is 1. The van der Waals surface area contributed by atoms with Gasteiger partial charge in [0.15, 0.2) is 0 Å². The molecule has 0 heterocycles. The summed E-state index contributed by atoms with van der Waals surface area (Å²) in [6.45, 7) is 0. The van der Waals surface area contributed by atoms with Gasteiger partial charge in [0.05, 0.1) is 10.9 Å². The average Bonchev–Trinajstić information content (AvgIpc) is 2.71. The van der Waals surface area contributed by atoms with Crippen molar-refractivity contribution < 1.29 is 0 Å². The minimum Gasteiger partial charge on any atom is -0.198 e. The quantitative estimate of drug-likeness (QED) is 0.604. The van der Waals surface area contributed by atoms with Crippen molar-refractivity contribution in [1.82, 2.24) is 0 Å². The molecule has 0 N–H and O–H groups in total. The van der Waals surface area contributed by atoms with E-state index in [1.807, 2.05) is 0 Å². The van der Waals surface area contributed by atoms with Gasteiger partial charge in [0.25, 0.3) is 0 Å². The van der Waals surface area contributed by atoms with E-state index in [9.17, 15) is 0 Å². The highest BCUT2D eigenvalue weighted by molar-refractivity contribution is 6.26. The van der Waals surface area contributed by atoms with Crippen LogP contribution in [-0.4, -0.2) is 4.87 Å². The number of nitrogens with zero attached hydrogens (tertiary/aromatic N) is 1. The summed E-state index contributed by atoms with van der Waals surface area (Å²) in [6.07, 6.45) is 6.86. The van der Waals surface area contributed by atoms with Gasteiger partial charge >= 0.3 is 0 Å². The molecular weight excluding hydrogens is 170 g/mol. The van der Waals surface area contributed by atoms with Crippen LogP contribution in [0.25, 0.3) is 0 Å². The first-order valence-corrected chi connectivity index (χ1v) is 5.22. The van der Waals surface area contributed by atoms with E-state index >= 15 is 0 Å². The third-order valence-corrected chi connectivity index (χ3v) is 4.26. The predicted octanol–water partition coefficient (Wildman–Crippen LogP) is 3.09. The third kappa shape index (κ3) is 1.13. The molecule has 0 aliphatic heterocycles. The summed E-state index contributed by atoms with van der Waals surface area (Å²) in [4.78, 5) is 0.0478. The van der Waals surface area contributed by atoms with Gasteiger partial charge in [0.1, 0.15) is 0 Å². The Balaban J connectivity index is 1.92. The molecule has 0 bridgehead atoms. The molecule has 3 atom stereocenters. The molecule has 12 heavy (non-hydrogen) atoms. The van der Waals surface area contributed by atoms with Gasteiger partial charge in [-0.1, -0.05) is 12.8 Å². The largest absolute Gasteiger partial charge is 0.198 e. The second kappa shape index (κ2) is 2.92. The second-order valence-corrected chi connectivity index (χ2v) is 4.79. The first kappa shape index (κ1) is 8.38.